The summed E-state index contributed by atoms with van der Waals surface area (Å²) in [5.74, 6) is -0.182. The molecule has 82 valence electrons. The molecule has 1 heterocycles. The van der Waals surface area contributed by atoms with Crippen molar-refractivity contribution in [3.63, 3.8) is 0 Å². The van der Waals surface area contributed by atoms with Gasteiger partial charge in [0.1, 0.15) is 13.2 Å². The molecular weight excluding hydrogens is 188 g/mol. The summed E-state index contributed by atoms with van der Waals surface area (Å²) in [6.07, 6.45) is 1.50. The molecule has 0 unspecified atom stereocenters. The standard InChI is InChI=1S/C6H12O2.C3H4O3/c1-3-4-5-8-6(2)7;4-3-5-1-2-6-3/h3-5H2,1-2H3;1-2H2. The second-order valence-corrected chi connectivity index (χ2v) is 2.64. The number of unbranched alkanes of at least 4 members (excludes halogenated alkanes) is 1. The van der Waals surface area contributed by atoms with Crippen LogP contribution >= 0.6 is 0 Å². The van der Waals surface area contributed by atoms with Gasteiger partial charge in [0.15, 0.2) is 0 Å². The van der Waals surface area contributed by atoms with Crippen molar-refractivity contribution in [3.8, 4) is 0 Å². The van der Waals surface area contributed by atoms with Crippen molar-refractivity contribution in [2.75, 3.05) is 19.8 Å². The zero-order chi connectivity index (χ0) is 10.8. The van der Waals surface area contributed by atoms with E-state index in [2.05, 4.69) is 21.1 Å². The van der Waals surface area contributed by atoms with E-state index in [-0.39, 0.29) is 5.97 Å². The fraction of sp³-hybridized carbons (Fsp3) is 0.778. The first-order chi connectivity index (χ1) is 6.66. The molecule has 0 radical (unpaired) electrons. The van der Waals surface area contributed by atoms with Gasteiger partial charge < -0.3 is 14.2 Å². The largest absolute Gasteiger partial charge is 0.508 e. The highest BCUT2D eigenvalue weighted by atomic mass is 16.8. The Morgan fingerprint density at radius 2 is 2.00 bits per heavy atom. The minimum absolute atomic E-state index is 0.182. The maximum absolute atomic E-state index is 10.1. The zero-order valence-electron chi connectivity index (χ0n) is 8.58. The Hall–Kier alpha value is -1.26. The Morgan fingerprint density at radius 1 is 1.43 bits per heavy atom. The number of ether oxygens (including phenoxy) is 3. The van der Waals surface area contributed by atoms with E-state index in [1.54, 1.807) is 0 Å². The summed E-state index contributed by atoms with van der Waals surface area (Å²) in [5, 5.41) is 0. The molecule has 1 fully saturated rings. The SMILES string of the molecule is CCCCOC(C)=O.O=C1OCCO1. The van der Waals surface area contributed by atoms with Crippen LogP contribution < -0.4 is 0 Å². The van der Waals surface area contributed by atoms with E-state index >= 15 is 0 Å². The maximum atomic E-state index is 10.1. The molecule has 1 aliphatic rings. The van der Waals surface area contributed by atoms with Crippen molar-refractivity contribution in [2.24, 2.45) is 0 Å². The average molecular weight is 204 g/mol. The number of esters is 1. The van der Waals surface area contributed by atoms with Crippen LogP contribution in [0, 0.1) is 0 Å². The van der Waals surface area contributed by atoms with Crippen LogP contribution in [0.2, 0.25) is 0 Å². The first kappa shape index (κ1) is 12.7. The van der Waals surface area contributed by atoms with E-state index in [1.807, 2.05) is 0 Å². The number of carbonyl (C=O) groups excluding carboxylic acids is 2. The fourth-order valence-corrected chi connectivity index (χ4v) is 0.652. The van der Waals surface area contributed by atoms with Crippen molar-refractivity contribution < 1.29 is 23.8 Å². The smallest absolute Gasteiger partial charge is 0.466 e. The molecule has 14 heavy (non-hydrogen) atoms. The summed E-state index contributed by atoms with van der Waals surface area (Å²) < 4.78 is 13.2. The van der Waals surface area contributed by atoms with Crippen molar-refractivity contribution in [2.45, 2.75) is 26.7 Å². The molecule has 0 N–H and O–H groups in total. The van der Waals surface area contributed by atoms with E-state index in [9.17, 15) is 9.59 Å². The average Bonchev–Trinajstić information content (AvgIpc) is 2.57. The van der Waals surface area contributed by atoms with E-state index in [0.29, 0.717) is 19.8 Å². The summed E-state index contributed by atoms with van der Waals surface area (Å²) >= 11 is 0. The first-order valence-electron chi connectivity index (χ1n) is 4.59. The Kier molecular flexibility index (Phi) is 7.59. The maximum Gasteiger partial charge on any atom is 0.508 e. The normalized spacial score (nSPS) is 13.4. The van der Waals surface area contributed by atoms with Gasteiger partial charge in [-0.1, -0.05) is 13.3 Å². The van der Waals surface area contributed by atoms with Crippen molar-refractivity contribution >= 4 is 12.1 Å². The first-order valence-corrected chi connectivity index (χ1v) is 4.59. The van der Waals surface area contributed by atoms with Gasteiger partial charge in [-0.15, -0.1) is 0 Å². The van der Waals surface area contributed by atoms with Gasteiger partial charge in [-0.25, -0.2) is 4.79 Å². The minimum Gasteiger partial charge on any atom is -0.466 e. The summed E-state index contributed by atoms with van der Waals surface area (Å²) in [6.45, 7) is 4.89. The van der Waals surface area contributed by atoms with E-state index in [4.69, 9.17) is 0 Å². The Labute approximate surface area is 83.3 Å². The molecule has 0 spiro atoms. The minimum atomic E-state index is -0.546. The highest BCUT2D eigenvalue weighted by Crippen LogP contribution is 1.92. The molecule has 0 bridgehead atoms. The number of rotatable bonds is 3. The van der Waals surface area contributed by atoms with Gasteiger partial charge in [-0.3, -0.25) is 4.79 Å². The topological polar surface area (TPSA) is 61.8 Å². The molecule has 0 amide bonds. The lowest BCUT2D eigenvalue weighted by Crippen LogP contribution is -1.99. The summed E-state index contributed by atoms with van der Waals surface area (Å²) in [6, 6.07) is 0. The Balaban J connectivity index is 0.000000249. The quantitative estimate of drug-likeness (QED) is 0.515. The number of hydrogen-bond acceptors (Lipinski definition) is 5. The van der Waals surface area contributed by atoms with Crippen LogP contribution in [0.5, 0.6) is 0 Å². The summed E-state index contributed by atoms with van der Waals surface area (Å²) in [7, 11) is 0. The lowest BCUT2D eigenvalue weighted by molar-refractivity contribution is -0.141. The summed E-state index contributed by atoms with van der Waals surface area (Å²) in [5.41, 5.74) is 0. The monoisotopic (exact) mass is 204 g/mol. The van der Waals surface area contributed by atoms with Crippen LogP contribution in [-0.2, 0) is 19.0 Å². The third-order valence-electron chi connectivity index (χ3n) is 1.33. The van der Waals surface area contributed by atoms with Crippen LogP contribution in [0.4, 0.5) is 4.79 Å². The highest BCUT2D eigenvalue weighted by molar-refractivity contribution is 5.65. The van der Waals surface area contributed by atoms with E-state index < -0.39 is 6.16 Å². The van der Waals surface area contributed by atoms with Gasteiger partial charge in [0.25, 0.3) is 0 Å². The molecule has 0 aromatic heterocycles. The lowest BCUT2D eigenvalue weighted by Gasteiger charge is -1.96. The third-order valence-corrected chi connectivity index (χ3v) is 1.33. The summed E-state index contributed by atoms with van der Waals surface area (Å²) in [4.78, 5) is 19.9. The van der Waals surface area contributed by atoms with Gasteiger partial charge in [0, 0.05) is 6.92 Å². The Morgan fingerprint density at radius 3 is 2.29 bits per heavy atom. The molecular formula is C9H16O5. The molecule has 0 aliphatic carbocycles. The predicted octanol–water partition coefficient (Wildman–Crippen LogP) is 1.50. The van der Waals surface area contributed by atoms with E-state index in [0.717, 1.165) is 12.8 Å². The molecule has 1 rings (SSSR count). The fourth-order valence-electron chi connectivity index (χ4n) is 0.652. The van der Waals surface area contributed by atoms with Crippen LogP contribution in [0.3, 0.4) is 0 Å². The van der Waals surface area contributed by atoms with Gasteiger partial charge in [-0.05, 0) is 6.42 Å². The zero-order valence-corrected chi connectivity index (χ0v) is 8.58. The third kappa shape index (κ3) is 8.83. The lowest BCUT2D eigenvalue weighted by atomic mass is 10.4. The molecule has 5 nitrogen and oxygen atoms in total. The predicted molar refractivity (Wildman–Crippen MR) is 48.8 cm³/mol. The van der Waals surface area contributed by atoms with Crippen LogP contribution in [0.25, 0.3) is 0 Å². The van der Waals surface area contributed by atoms with Crippen molar-refractivity contribution in [1.29, 1.82) is 0 Å². The Bertz CT molecular complexity index is 170. The highest BCUT2D eigenvalue weighted by Gasteiger charge is 2.09. The van der Waals surface area contributed by atoms with Gasteiger partial charge >= 0.3 is 12.1 Å². The number of carbonyl (C=O) groups is 2. The van der Waals surface area contributed by atoms with Gasteiger partial charge in [0.2, 0.25) is 0 Å². The number of cyclic esters (lactones) is 2. The molecule has 0 saturated carbocycles. The van der Waals surface area contributed by atoms with Crippen molar-refractivity contribution in [1.82, 2.24) is 0 Å². The molecule has 0 aromatic rings. The second kappa shape index (κ2) is 8.34. The van der Waals surface area contributed by atoms with Crippen LogP contribution in [0.15, 0.2) is 0 Å². The number of hydrogen-bond donors (Lipinski definition) is 0. The molecule has 1 saturated heterocycles. The van der Waals surface area contributed by atoms with Gasteiger partial charge in [-0.2, -0.15) is 0 Å². The second-order valence-electron chi connectivity index (χ2n) is 2.64. The molecule has 0 aromatic carbocycles. The van der Waals surface area contributed by atoms with E-state index in [1.165, 1.54) is 6.92 Å². The van der Waals surface area contributed by atoms with Gasteiger partial charge in [0.05, 0.1) is 6.61 Å². The molecule has 1 aliphatic heterocycles. The van der Waals surface area contributed by atoms with Crippen LogP contribution in [-0.4, -0.2) is 31.9 Å². The van der Waals surface area contributed by atoms with Crippen molar-refractivity contribution in [3.05, 3.63) is 0 Å². The van der Waals surface area contributed by atoms with Crippen LogP contribution in [0.1, 0.15) is 26.7 Å². The molecule has 0 atom stereocenters. The molecule has 5 heteroatoms.